The summed E-state index contributed by atoms with van der Waals surface area (Å²) < 4.78 is 0. The number of nitrogens with one attached hydrogen (secondary N) is 1. The molecule has 0 bridgehead atoms. The van der Waals surface area contributed by atoms with Gasteiger partial charge in [0, 0.05) is 18.2 Å². The van der Waals surface area contributed by atoms with Crippen LogP contribution in [0.15, 0.2) is 30.3 Å². The van der Waals surface area contributed by atoms with E-state index in [2.05, 4.69) is 19.2 Å². The van der Waals surface area contributed by atoms with Gasteiger partial charge in [0.2, 0.25) is 5.91 Å². The maximum Gasteiger partial charge on any atom is 0.244 e. The molecule has 0 radical (unpaired) electrons. The van der Waals surface area contributed by atoms with Gasteiger partial charge < -0.3 is 5.32 Å². The van der Waals surface area contributed by atoms with Crippen molar-refractivity contribution in [3.8, 4) is 0 Å². The van der Waals surface area contributed by atoms with E-state index in [4.69, 9.17) is 0 Å². The van der Waals surface area contributed by atoms with Crippen molar-refractivity contribution in [1.82, 2.24) is 5.32 Å². The molecule has 0 aromatic heterocycles. The van der Waals surface area contributed by atoms with Crippen molar-refractivity contribution in [1.29, 1.82) is 0 Å². The molecule has 0 heterocycles. The molecule has 1 amide bonds. The molecule has 1 N–H and O–H groups in total. The molecule has 1 saturated carbocycles. The minimum Gasteiger partial charge on any atom is -0.352 e. The van der Waals surface area contributed by atoms with E-state index in [1.165, 1.54) is 19.3 Å². The van der Waals surface area contributed by atoms with Gasteiger partial charge in [-0.1, -0.05) is 44.5 Å². The van der Waals surface area contributed by atoms with Gasteiger partial charge in [-0.25, -0.2) is 0 Å². The molecule has 1 atom stereocenters. The Morgan fingerprint density at radius 2 is 1.95 bits per heavy atom. The van der Waals surface area contributed by atoms with E-state index in [0.29, 0.717) is 16.9 Å². The quantitative estimate of drug-likeness (QED) is 0.663. The summed E-state index contributed by atoms with van der Waals surface area (Å²) in [6.45, 7) is 6.86. The highest BCUT2D eigenvalue weighted by molar-refractivity contribution is 5.94. The molecule has 0 aliphatic heterocycles. The second kappa shape index (κ2) is 6.91. The van der Waals surface area contributed by atoms with Crippen LogP contribution in [0.4, 0.5) is 0 Å². The van der Waals surface area contributed by atoms with Crippen molar-refractivity contribution in [3.63, 3.8) is 0 Å². The third-order valence-electron chi connectivity index (χ3n) is 4.75. The highest BCUT2D eigenvalue weighted by Crippen LogP contribution is 2.41. The molecular formula is C19H25NO2. The molecule has 0 spiro atoms. The van der Waals surface area contributed by atoms with Crippen LogP contribution >= 0.6 is 0 Å². The third kappa shape index (κ3) is 4.30. The summed E-state index contributed by atoms with van der Waals surface area (Å²) in [5, 5.41) is 3.00. The van der Waals surface area contributed by atoms with Crippen molar-refractivity contribution in [2.24, 2.45) is 11.3 Å². The summed E-state index contributed by atoms with van der Waals surface area (Å²) in [5.41, 5.74) is 1.94. The van der Waals surface area contributed by atoms with Crippen LogP contribution in [0.3, 0.4) is 0 Å². The van der Waals surface area contributed by atoms with Gasteiger partial charge in [0.1, 0.15) is 0 Å². The lowest BCUT2D eigenvalue weighted by molar-refractivity contribution is -0.116. The zero-order valence-corrected chi connectivity index (χ0v) is 13.7. The van der Waals surface area contributed by atoms with Crippen LogP contribution in [0, 0.1) is 11.3 Å². The van der Waals surface area contributed by atoms with E-state index in [1.807, 2.05) is 12.1 Å². The Morgan fingerprint density at radius 3 is 2.50 bits per heavy atom. The van der Waals surface area contributed by atoms with E-state index in [9.17, 15) is 9.59 Å². The Kier molecular flexibility index (Phi) is 5.17. The summed E-state index contributed by atoms with van der Waals surface area (Å²) in [4.78, 5) is 23.1. The SMILES string of the molecule is CC(=O)c1ccc(/C=C/C(=O)NCC2CCCC2(C)C)cc1. The van der Waals surface area contributed by atoms with Gasteiger partial charge in [0.15, 0.2) is 5.78 Å². The molecule has 1 aliphatic carbocycles. The van der Waals surface area contributed by atoms with Gasteiger partial charge >= 0.3 is 0 Å². The number of hydrogen-bond acceptors (Lipinski definition) is 2. The van der Waals surface area contributed by atoms with Gasteiger partial charge in [-0.15, -0.1) is 0 Å². The Hall–Kier alpha value is -1.90. The Balaban J connectivity index is 1.85. The van der Waals surface area contributed by atoms with Gasteiger partial charge in [0.25, 0.3) is 0 Å². The van der Waals surface area contributed by atoms with E-state index in [1.54, 1.807) is 31.2 Å². The Bertz CT molecular complexity index is 570. The summed E-state index contributed by atoms with van der Waals surface area (Å²) in [5.74, 6) is 0.561. The van der Waals surface area contributed by atoms with Crippen LogP contribution in [-0.4, -0.2) is 18.2 Å². The van der Waals surface area contributed by atoms with Crippen LogP contribution in [0.1, 0.15) is 56.0 Å². The molecule has 0 saturated heterocycles. The van der Waals surface area contributed by atoms with Gasteiger partial charge in [-0.05, 0) is 42.7 Å². The molecule has 118 valence electrons. The number of carbonyl (C=O) groups excluding carboxylic acids is 2. The van der Waals surface area contributed by atoms with Crippen LogP contribution in [-0.2, 0) is 4.79 Å². The Morgan fingerprint density at radius 1 is 1.27 bits per heavy atom. The van der Waals surface area contributed by atoms with Crippen molar-refractivity contribution < 1.29 is 9.59 Å². The molecule has 2 rings (SSSR count). The minimum atomic E-state index is -0.0571. The molecular weight excluding hydrogens is 274 g/mol. The number of carbonyl (C=O) groups is 2. The van der Waals surface area contributed by atoms with Crippen molar-refractivity contribution in [3.05, 3.63) is 41.5 Å². The minimum absolute atomic E-state index is 0.0486. The fraction of sp³-hybridized carbons (Fsp3) is 0.474. The van der Waals surface area contributed by atoms with E-state index in [0.717, 1.165) is 12.1 Å². The zero-order valence-electron chi connectivity index (χ0n) is 13.7. The second-order valence-corrected chi connectivity index (χ2v) is 6.83. The largest absolute Gasteiger partial charge is 0.352 e. The maximum absolute atomic E-state index is 11.9. The van der Waals surface area contributed by atoms with Crippen LogP contribution in [0.25, 0.3) is 6.08 Å². The van der Waals surface area contributed by atoms with Gasteiger partial charge in [-0.3, -0.25) is 9.59 Å². The molecule has 1 fully saturated rings. The average Bonchev–Trinajstić information content (AvgIpc) is 2.82. The smallest absolute Gasteiger partial charge is 0.244 e. The topological polar surface area (TPSA) is 46.2 Å². The number of hydrogen-bond donors (Lipinski definition) is 1. The third-order valence-corrected chi connectivity index (χ3v) is 4.75. The second-order valence-electron chi connectivity index (χ2n) is 6.83. The van der Waals surface area contributed by atoms with Crippen LogP contribution in [0.2, 0.25) is 0 Å². The number of ketones is 1. The Labute approximate surface area is 132 Å². The van der Waals surface area contributed by atoms with E-state index >= 15 is 0 Å². The van der Waals surface area contributed by atoms with E-state index < -0.39 is 0 Å². The first-order chi connectivity index (χ1) is 10.4. The predicted molar refractivity (Wildman–Crippen MR) is 89.6 cm³/mol. The van der Waals surface area contributed by atoms with Crippen molar-refractivity contribution >= 4 is 17.8 Å². The first kappa shape index (κ1) is 16.5. The van der Waals surface area contributed by atoms with Crippen molar-refractivity contribution in [2.75, 3.05) is 6.54 Å². The van der Waals surface area contributed by atoms with Crippen molar-refractivity contribution in [2.45, 2.75) is 40.0 Å². The molecule has 1 unspecified atom stereocenters. The highest BCUT2D eigenvalue weighted by Gasteiger charge is 2.34. The fourth-order valence-electron chi connectivity index (χ4n) is 3.06. The summed E-state index contributed by atoms with van der Waals surface area (Å²) in [7, 11) is 0. The van der Waals surface area contributed by atoms with Crippen LogP contribution in [0.5, 0.6) is 0 Å². The lowest BCUT2D eigenvalue weighted by Crippen LogP contribution is -2.32. The number of Topliss-reactive ketones (excluding diaryl/α,β-unsaturated/α-hetero) is 1. The van der Waals surface area contributed by atoms with Gasteiger partial charge in [-0.2, -0.15) is 0 Å². The molecule has 3 heteroatoms. The van der Waals surface area contributed by atoms with Crippen LogP contribution < -0.4 is 5.32 Å². The predicted octanol–water partition coefficient (Wildman–Crippen LogP) is 3.84. The standard InChI is InChI=1S/C19H25NO2/c1-14(21)16-9-6-15(7-10-16)8-11-18(22)20-13-17-5-4-12-19(17,2)3/h6-11,17H,4-5,12-13H2,1-3H3,(H,20,22)/b11-8+. The first-order valence-electron chi connectivity index (χ1n) is 7.95. The average molecular weight is 299 g/mol. The summed E-state index contributed by atoms with van der Waals surface area (Å²) in [6.07, 6.45) is 7.03. The van der Waals surface area contributed by atoms with Gasteiger partial charge in [0.05, 0.1) is 0 Å². The molecule has 3 nitrogen and oxygen atoms in total. The number of rotatable bonds is 5. The summed E-state index contributed by atoms with van der Waals surface area (Å²) in [6, 6.07) is 7.25. The monoisotopic (exact) mass is 299 g/mol. The number of amides is 1. The molecule has 1 aliphatic rings. The fourth-order valence-corrected chi connectivity index (χ4v) is 3.06. The van der Waals surface area contributed by atoms with E-state index in [-0.39, 0.29) is 11.7 Å². The lowest BCUT2D eigenvalue weighted by atomic mass is 9.82. The lowest BCUT2D eigenvalue weighted by Gasteiger charge is -2.26. The molecule has 22 heavy (non-hydrogen) atoms. The normalized spacial score (nSPS) is 20.2. The highest BCUT2D eigenvalue weighted by atomic mass is 16.1. The maximum atomic E-state index is 11.9. The molecule has 1 aromatic carbocycles. The summed E-state index contributed by atoms with van der Waals surface area (Å²) >= 11 is 0. The molecule has 1 aromatic rings. The number of benzene rings is 1. The zero-order chi connectivity index (χ0) is 16.2. The first-order valence-corrected chi connectivity index (χ1v) is 7.95.